The van der Waals surface area contributed by atoms with Gasteiger partial charge in [-0.1, -0.05) is 103 Å². The highest BCUT2D eigenvalue weighted by Gasteiger charge is 2.16. The van der Waals surface area contributed by atoms with Gasteiger partial charge in [0.15, 0.2) is 0 Å². The Morgan fingerprint density at radius 1 is 0.583 bits per heavy atom. The molecular formula is C39H50N2O7. The van der Waals surface area contributed by atoms with E-state index in [1.54, 1.807) is 30.3 Å². The summed E-state index contributed by atoms with van der Waals surface area (Å²) in [5.74, 6) is -2.51. The molecule has 0 unspecified atom stereocenters. The lowest BCUT2D eigenvalue weighted by atomic mass is 10.0. The molecule has 0 aliphatic carbocycles. The van der Waals surface area contributed by atoms with Gasteiger partial charge in [-0.15, -0.1) is 0 Å². The molecule has 0 bridgehead atoms. The first-order valence-corrected chi connectivity index (χ1v) is 17.4. The minimum Gasteiger partial charge on any atom is -0.478 e. The summed E-state index contributed by atoms with van der Waals surface area (Å²) in [5, 5.41) is 24.3. The van der Waals surface area contributed by atoms with E-state index in [0.29, 0.717) is 12.1 Å². The van der Waals surface area contributed by atoms with Crippen LogP contribution >= 0.6 is 0 Å². The molecule has 0 aliphatic heterocycles. The Labute approximate surface area is 284 Å². The van der Waals surface area contributed by atoms with Crippen molar-refractivity contribution in [3.8, 4) is 11.5 Å². The minimum atomic E-state index is -1.24. The number of hydrogen-bond donors (Lipinski definition) is 4. The Morgan fingerprint density at radius 2 is 1.15 bits per heavy atom. The van der Waals surface area contributed by atoms with Gasteiger partial charge in [0, 0.05) is 23.7 Å². The quantitative estimate of drug-likeness (QED) is 0.0743. The SMILES string of the molecule is CCCCCCCCCCCCCCCCCC(=O)Nc1ccc(C(=O)Nc2cc(Oc3cccc(C(=O)O)c3)ccc2C(=O)O)cc1. The molecule has 2 amide bonds. The highest BCUT2D eigenvalue weighted by atomic mass is 16.5. The Morgan fingerprint density at radius 3 is 1.71 bits per heavy atom. The summed E-state index contributed by atoms with van der Waals surface area (Å²) in [7, 11) is 0. The molecule has 0 spiro atoms. The molecule has 0 fully saturated rings. The maximum atomic E-state index is 13.0. The first-order valence-electron chi connectivity index (χ1n) is 17.4. The van der Waals surface area contributed by atoms with Crippen LogP contribution < -0.4 is 15.4 Å². The molecule has 48 heavy (non-hydrogen) atoms. The first kappa shape index (κ1) is 37.8. The Balaban J connectivity index is 1.37. The molecule has 0 saturated carbocycles. The van der Waals surface area contributed by atoms with Crippen molar-refractivity contribution in [2.24, 2.45) is 0 Å². The van der Waals surface area contributed by atoms with Gasteiger partial charge < -0.3 is 25.6 Å². The van der Waals surface area contributed by atoms with Gasteiger partial charge in [-0.25, -0.2) is 9.59 Å². The molecule has 0 aromatic heterocycles. The maximum absolute atomic E-state index is 13.0. The van der Waals surface area contributed by atoms with Crippen molar-refractivity contribution in [2.45, 2.75) is 110 Å². The molecule has 3 aromatic rings. The first-order chi connectivity index (χ1) is 23.3. The predicted molar refractivity (Wildman–Crippen MR) is 189 cm³/mol. The largest absolute Gasteiger partial charge is 0.478 e. The Bertz CT molecular complexity index is 1470. The summed E-state index contributed by atoms with van der Waals surface area (Å²) in [6.45, 7) is 2.26. The standard InChI is InChI=1S/C39H50N2O7/c1-2-3-4-5-6-7-8-9-10-11-12-13-14-15-16-20-36(42)40-31-23-21-29(22-24-31)37(43)41-35-28-33(25-26-34(35)39(46)47)48-32-19-17-18-30(27-32)38(44)45/h17-19,21-28H,2-16,20H2,1H3,(H,40,42)(H,41,43)(H,44,45)(H,46,47). The minimum absolute atomic E-state index is 0.0141. The van der Waals surface area contributed by atoms with E-state index in [9.17, 15) is 29.4 Å². The van der Waals surface area contributed by atoms with Crippen LogP contribution in [0.2, 0.25) is 0 Å². The second-order valence-electron chi connectivity index (χ2n) is 12.2. The lowest BCUT2D eigenvalue weighted by Crippen LogP contribution is -2.15. The van der Waals surface area contributed by atoms with Gasteiger partial charge in [-0.3, -0.25) is 9.59 Å². The summed E-state index contributed by atoms with van der Waals surface area (Å²) >= 11 is 0. The average Bonchev–Trinajstić information content (AvgIpc) is 3.07. The zero-order valence-corrected chi connectivity index (χ0v) is 28.1. The van der Waals surface area contributed by atoms with Crippen LogP contribution in [-0.2, 0) is 4.79 Å². The number of amides is 2. The summed E-state index contributed by atoms with van der Waals surface area (Å²) in [6.07, 6.45) is 19.5. The van der Waals surface area contributed by atoms with Crippen LogP contribution in [0.4, 0.5) is 11.4 Å². The molecule has 0 radical (unpaired) electrons. The van der Waals surface area contributed by atoms with Gasteiger partial charge in [0.25, 0.3) is 5.91 Å². The molecule has 3 rings (SSSR count). The van der Waals surface area contributed by atoms with Crippen molar-refractivity contribution in [1.29, 1.82) is 0 Å². The van der Waals surface area contributed by atoms with E-state index in [-0.39, 0.29) is 39.8 Å². The molecule has 4 N–H and O–H groups in total. The lowest BCUT2D eigenvalue weighted by Gasteiger charge is -2.12. The molecule has 0 atom stereocenters. The number of rotatable bonds is 23. The monoisotopic (exact) mass is 658 g/mol. The number of unbranched alkanes of at least 4 members (excludes halogenated alkanes) is 14. The summed E-state index contributed by atoms with van der Waals surface area (Å²) in [4.78, 5) is 48.5. The van der Waals surface area contributed by atoms with Gasteiger partial charge in [-0.05, 0) is 61.0 Å². The third kappa shape index (κ3) is 14.0. The van der Waals surface area contributed by atoms with Gasteiger partial charge in [-0.2, -0.15) is 0 Å². The summed E-state index contributed by atoms with van der Waals surface area (Å²) in [5.41, 5.74) is 0.751. The number of carboxylic acids is 2. The number of hydrogen-bond acceptors (Lipinski definition) is 5. The smallest absolute Gasteiger partial charge is 0.337 e. The topological polar surface area (TPSA) is 142 Å². The molecular weight excluding hydrogens is 608 g/mol. The predicted octanol–water partition coefficient (Wildman–Crippen LogP) is 10.3. The van der Waals surface area contributed by atoms with E-state index in [4.69, 9.17) is 4.74 Å². The number of ether oxygens (including phenoxy) is 1. The van der Waals surface area contributed by atoms with Crippen LogP contribution in [0.15, 0.2) is 66.7 Å². The lowest BCUT2D eigenvalue weighted by molar-refractivity contribution is -0.116. The molecule has 9 heteroatoms. The van der Waals surface area contributed by atoms with Crippen molar-refractivity contribution < 1.29 is 34.1 Å². The van der Waals surface area contributed by atoms with Crippen molar-refractivity contribution in [3.63, 3.8) is 0 Å². The number of aromatic carboxylic acids is 2. The van der Waals surface area contributed by atoms with E-state index in [0.717, 1.165) is 19.3 Å². The van der Waals surface area contributed by atoms with Crippen molar-refractivity contribution in [3.05, 3.63) is 83.4 Å². The maximum Gasteiger partial charge on any atom is 0.337 e. The molecule has 258 valence electrons. The van der Waals surface area contributed by atoms with E-state index in [2.05, 4.69) is 17.6 Å². The molecule has 0 aliphatic rings. The molecule has 0 heterocycles. The van der Waals surface area contributed by atoms with Crippen molar-refractivity contribution in [2.75, 3.05) is 10.6 Å². The zero-order valence-electron chi connectivity index (χ0n) is 28.1. The third-order valence-electron chi connectivity index (χ3n) is 8.22. The van der Waals surface area contributed by atoms with Gasteiger partial charge >= 0.3 is 11.9 Å². The van der Waals surface area contributed by atoms with Gasteiger partial charge in [0.1, 0.15) is 11.5 Å². The zero-order chi connectivity index (χ0) is 34.6. The highest BCUT2D eigenvalue weighted by Crippen LogP contribution is 2.28. The van der Waals surface area contributed by atoms with Crippen molar-refractivity contribution in [1.82, 2.24) is 0 Å². The molecule has 3 aromatic carbocycles. The number of carbonyl (C=O) groups is 4. The summed E-state index contributed by atoms with van der Waals surface area (Å²) < 4.78 is 5.72. The van der Waals surface area contributed by atoms with E-state index in [1.165, 1.54) is 113 Å². The average molecular weight is 659 g/mol. The van der Waals surface area contributed by atoms with E-state index < -0.39 is 17.8 Å². The van der Waals surface area contributed by atoms with Crippen LogP contribution in [0.5, 0.6) is 11.5 Å². The number of nitrogens with one attached hydrogen (secondary N) is 2. The van der Waals surface area contributed by atoms with Gasteiger partial charge in [0.05, 0.1) is 16.8 Å². The second-order valence-corrected chi connectivity index (χ2v) is 12.2. The Hall–Kier alpha value is -4.66. The van der Waals surface area contributed by atoms with Crippen LogP contribution in [0.1, 0.15) is 141 Å². The third-order valence-corrected chi connectivity index (χ3v) is 8.22. The van der Waals surface area contributed by atoms with Crippen LogP contribution in [0.25, 0.3) is 0 Å². The number of carboxylic acid groups (broad SMARTS) is 2. The number of anilines is 2. The van der Waals surface area contributed by atoms with E-state index >= 15 is 0 Å². The fourth-order valence-electron chi connectivity index (χ4n) is 5.49. The Kier molecular flexibility index (Phi) is 16.7. The number of benzene rings is 3. The normalized spacial score (nSPS) is 10.8. The molecule has 0 saturated heterocycles. The van der Waals surface area contributed by atoms with E-state index in [1.807, 2.05) is 0 Å². The number of carbonyl (C=O) groups excluding carboxylic acids is 2. The second kappa shape index (κ2) is 21.3. The highest BCUT2D eigenvalue weighted by molar-refractivity contribution is 6.08. The molecule has 9 nitrogen and oxygen atoms in total. The van der Waals surface area contributed by atoms with Crippen LogP contribution in [-0.4, -0.2) is 34.0 Å². The summed E-state index contributed by atoms with van der Waals surface area (Å²) in [6, 6.07) is 16.3. The van der Waals surface area contributed by atoms with Crippen LogP contribution in [0.3, 0.4) is 0 Å². The fraction of sp³-hybridized carbons (Fsp3) is 0.436. The fourth-order valence-corrected chi connectivity index (χ4v) is 5.49. The van der Waals surface area contributed by atoms with Crippen molar-refractivity contribution >= 4 is 35.1 Å². The van der Waals surface area contributed by atoms with Crippen LogP contribution in [0, 0.1) is 0 Å². The van der Waals surface area contributed by atoms with Gasteiger partial charge in [0.2, 0.25) is 5.91 Å².